The van der Waals surface area contributed by atoms with E-state index in [0.717, 1.165) is 32.1 Å². The molecule has 15 nitrogen and oxygen atoms in total. The van der Waals surface area contributed by atoms with E-state index < -0.39 is 64.7 Å². The number of rotatable bonds is 13. The lowest BCUT2D eigenvalue weighted by atomic mass is 9.80. The third-order valence-corrected chi connectivity index (χ3v) is 10.3. The zero-order chi connectivity index (χ0) is 39.7. The number of methoxy groups -OCH3 is 1. The monoisotopic (exact) mass is 758 g/mol. The number of amides is 5. The van der Waals surface area contributed by atoms with Crippen LogP contribution in [0.5, 0.6) is 11.5 Å². The predicted octanol–water partition coefficient (Wildman–Crippen LogP) is 3.81. The first-order chi connectivity index (χ1) is 26.0. The molecule has 4 atom stereocenters. The number of aromatic nitrogens is 3. The normalized spacial score (nSPS) is 19.9. The topological polar surface area (TPSA) is 186 Å². The van der Waals surface area contributed by atoms with Crippen LogP contribution in [0.1, 0.15) is 86.5 Å². The van der Waals surface area contributed by atoms with Crippen LogP contribution in [0, 0.1) is 11.3 Å². The van der Waals surface area contributed by atoms with E-state index in [2.05, 4.69) is 26.4 Å². The Bertz CT molecular complexity index is 1910. The van der Waals surface area contributed by atoms with E-state index in [0.29, 0.717) is 34.6 Å². The summed E-state index contributed by atoms with van der Waals surface area (Å²) in [5.74, 6) is -0.671. The highest BCUT2D eigenvalue weighted by atomic mass is 16.5. The summed E-state index contributed by atoms with van der Waals surface area (Å²) in [7, 11) is 1.57. The minimum atomic E-state index is -1.07. The third kappa shape index (κ3) is 9.73. The summed E-state index contributed by atoms with van der Waals surface area (Å²) in [6.07, 6.45) is 7.63. The average molecular weight is 759 g/mol. The maximum atomic E-state index is 14.7. The van der Waals surface area contributed by atoms with E-state index in [-0.39, 0.29) is 24.9 Å². The van der Waals surface area contributed by atoms with Crippen LogP contribution in [0.2, 0.25) is 0 Å². The number of urea groups is 1. The van der Waals surface area contributed by atoms with Crippen LogP contribution in [-0.4, -0.2) is 98.7 Å². The number of benzene rings is 1. The fraction of sp³-hybridized carbons (Fsp3) is 0.575. The van der Waals surface area contributed by atoms with Crippen LogP contribution in [-0.2, 0) is 19.2 Å². The molecule has 0 spiro atoms. The number of pyridine rings is 1. The molecule has 2 saturated carbocycles. The lowest BCUT2D eigenvalue weighted by Gasteiger charge is -2.36. The van der Waals surface area contributed by atoms with E-state index >= 15 is 0 Å². The molecule has 1 saturated heterocycles. The van der Waals surface area contributed by atoms with Gasteiger partial charge in [0.15, 0.2) is 5.82 Å². The van der Waals surface area contributed by atoms with Crippen molar-refractivity contribution in [3.05, 3.63) is 42.7 Å². The highest BCUT2D eigenvalue weighted by Gasteiger charge is 2.47. The second-order valence-corrected chi connectivity index (χ2v) is 17.1. The van der Waals surface area contributed by atoms with Gasteiger partial charge in [0.1, 0.15) is 29.7 Å². The molecule has 2 aliphatic carbocycles. The van der Waals surface area contributed by atoms with Crippen molar-refractivity contribution >= 4 is 40.4 Å². The quantitative estimate of drug-likeness (QED) is 0.188. The molecule has 3 heterocycles. The summed E-state index contributed by atoms with van der Waals surface area (Å²) in [5, 5.41) is 16.4. The van der Waals surface area contributed by atoms with Gasteiger partial charge >= 0.3 is 6.03 Å². The van der Waals surface area contributed by atoms with Crippen molar-refractivity contribution in [1.29, 1.82) is 0 Å². The van der Waals surface area contributed by atoms with Crippen LogP contribution in [0.15, 0.2) is 42.7 Å². The van der Waals surface area contributed by atoms with Gasteiger partial charge in [-0.05, 0) is 69.6 Å². The van der Waals surface area contributed by atoms with Gasteiger partial charge in [0.05, 0.1) is 25.2 Å². The molecule has 1 aromatic carbocycles. The van der Waals surface area contributed by atoms with Gasteiger partial charge < -0.3 is 35.6 Å². The van der Waals surface area contributed by atoms with E-state index in [1.807, 2.05) is 47.6 Å². The highest BCUT2D eigenvalue weighted by Crippen LogP contribution is 2.35. The Morgan fingerprint density at radius 1 is 0.982 bits per heavy atom. The Kier molecular flexibility index (Phi) is 11.4. The van der Waals surface area contributed by atoms with Gasteiger partial charge in [0.2, 0.25) is 17.6 Å². The molecule has 2 unspecified atom stereocenters. The van der Waals surface area contributed by atoms with Crippen molar-refractivity contribution in [3.63, 3.8) is 0 Å². The van der Waals surface area contributed by atoms with Gasteiger partial charge in [0, 0.05) is 47.9 Å². The zero-order valence-electron chi connectivity index (χ0n) is 32.8. The second kappa shape index (κ2) is 15.9. The summed E-state index contributed by atoms with van der Waals surface area (Å²) in [5.41, 5.74) is -0.731. The second-order valence-electron chi connectivity index (χ2n) is 17.1. The number of Topliss-reactive ketones (excluding diaryl/α,β-unsaturated/α-hetero) is 1. The predicted molar refractivity (Wildman–Crippen MR) is 205 cm³/mol. The SMILES string of the molecule is COc1ccc2c(O[C@@H]3C[C@@H](C(=O)NC(CC4CCC4)C(=O)C(=O)NC4CC4)N(C(=O)C(NC(=O)NC(C)(C)C)C(C)(C)C)C3)cc(-n3cccn3)nc2c1. The van der Waals surface area contributed by atoms with E-state index in [1.165, 1.54) is 4.90 Å². The minimum absolute atomic E-state index is 0.00650. The van der Waals surface area contributed by atoms with Crippen LogP contribution < -0.4 is 30.7 Å². The molecular formula is C40H54N8O7. The van der Waals surface area contributed by atoms with Gasteiger partial charge in [-0.3, -0.25) is 19.2 Å². The Labute approximate surface area is 321 Å². The minimum Gasteiger partial charge on any atom is -0.497 e. The lowest BCUT2D eigenvalue weighted by Crippen LogP contribution is -2.61. The van der Waals surface area contributed by atoms with Crippen LogP contribution in [0.3, 0.4) is 0 Å². The molecule has 0 bridgehead atoms. The van der Waals surface area contributed by atoms with Crippen molar-refractivity contribution in [2.24, 2.45) is 11.3 Å². The molecule has 6 rings (SSSR count). The smallest absolute Gasteiger partial charge is 0.315 e. The number of nitrogens with one attached hydrogen (secondary N) is 4. The van der Waals surface area contributed by atoms with Crippen molar-refractivity contribution in [2.45, 2.75) is 122 Å². The number of likely N-dealkylation sites (tertiary alicyclic amines) is 1. The molecule has 5 amide bonds. The Morgan fingerprint density at radius 2 is 1.73 bits per heavy atom. The molecule has 3 aromatic rings. The first kappa shape index (κ1) is 39.5. The van der Waals surface area contributed by atoms with Crippen LogP contribution in [0.4, 0.5) is 4.79 Å². The number of carbonyl (C=O) groups is 5. The fourth-order valence-corrected chi connectivity index (χ4v) is 6.99. The summed E-state index contributed by atoms with van der Waals surface area (Å²) < 4.78 is 13.7. The summed E-state index contributed by atoms with van der Waals surface area (Å²) >= 11 is 0. The number of hydrogen-bond donors (Lipinski definition) is 4. The number of fused-ring (bicyclic) bond motifs is 1. The fourth-order valence-electron chi connectivity index (χ4n) is 6.99. The number of carbonyl (C=O) groups excluding carboxylic acids is 5. The number of hydrogen-bond acceptors (Lipinski definition) is 9. The summed E-state index contributed by atoms with van der Waals surface area (Å²) in [4.78, 5) is 74.9. The van der Waals surface area contributed by atoms with Gasteiger partial charge in [0.25, 0.3) is 5.91 Å². The molecule has 1 aliphatic heterocycles. The first-order valence-corrected chi connectivity index (χ1v) is 19.2. The lowest BCUT2D eigenvalue weighted by molar-refractivity contribution is -0.144. The van der Waals surface area contributed by atoms with Gasteiger partial charge in [-0.25, -0.2) is 14.5 Å². The Balaban J connectivity index is 1.32. The van der Waals surface area contributed by atoms with Gasteiger partial charge in [-0.1, -0.05) is 40.0 Å². The Hall–Kier alpha value is -5.21. The zero-order valence-corrected chi connectivity index (χ0v) is 32.8. The van der Waals surface area contributed by atoms with Crippen molar-refractivity contribution in [3.8, 4) is 17.3 Å². The number of nitrogens with zero attached hydrogens (tertiary/aromatic N) is 4. The number of ketones is 1. The molecule has 3 aliphatic rings. The molecule has 15 heteroatoms. The standard InChI is InChI=1S/C40H54N8O7/c1-39(2,3)34(45-38(53)46-40(4,5)6)37(52)47-22-26(55-31-21-32(48-17-9-16-41-48)43-28-19-25(54-7)14-15-27(28)31)20-30(47)35(50)44-29(18-23-10-8-11-23)33(49)36(51)42-24-12-13-24/h9,14-17,19,21,23-24,26,29-30,34H,8,10-13,18,20,22H2,1-7H3,(H,42,51)(H,44,50)(H2,45,46,53)/t26-,29?,30+,34?/m1/s1. The Morgan fingerprint density at radius 3 is 2.33 bits per heavy atom. The maximum Gasteiger partial charge on any atom is 0.315 e. The van der Waals surface area contributed by atoms with E-state index in [4.69, 9.17) is 14.5 Å². The molecule has 4 N–H and O–H groups in total. The van der Waals surface area contributed by atoms with Gasteiger partial charge in [-0.2, -0.15) is 5.10 Å². The van der Waals surface area contributed by atoms with Gasteiger partial charge in [-0.15, -0.1) is 0 Å². The largest absolute Gasteiger partial charge is 0.497 e. The maximum absolute atomic E-state index is 14.7. The highest BCUT2D eigenvalue weighted by molar-refractivity contribution is 6.38. The van der Waals surface area contributed by atoms with Crippen LogP contribution in [0.25, 0.3) is 16.7 Å². The molecule has 55 heavy (non-hydrogen) atoms. The van der Waals surface area contributed by atoms with Crippen molar-refractivity contribution < 1.29 is 33.4 Å². The summed E-state index contributed by atoms with van der Waals surface area (Å²) in [6, 6.07) is 5.27. The first-order valence-electron chi connectivity index (χ1n) is 19.2. The third-order valence-electron chi connectivity index (χ3n) is 10.3. The van der Waals surface area contributed by atoms with E-state index in [9.17, 15) is 24.0 Å². The van der Waals surface area contributed by atoms with Crippen LogP contribution >= 0.6 is 0 Å². The molecule has 296 valence electrons. The molecule has 0 radical (unpaired) electrons. The average Bonchev–Trinajstić information content (AvgIpc) is 3.54. The van der Waals surface area contributed by atoms with Crippen molar-refractivity contribution in [2.75, 3.05) is 13.7 Å². The van der Waals surface area contributed by atoms with Crippen molar-refractivity contribution in [1.82, 2.24) is 40.9 Å². The molecule has 2 aromatic heterocycles. The summed E-state index contributed by atoms with van der Waals surface area (Å²) in [6.45, 7) is 11.0. The molecular weight excluding hydrogens is 704 g/mol. The number of ether oxygens (including phenoxy) is 2. The molecule has 3 fully saturated rings. The van der Waals surface area contributed by atoms with E-state index in [1.54, 1.807) is 48.5 Å².